The van der Waals surface area contributed by atoms with Crippen LogP contribution >= 0.6 is 0 Å². The maximum atomic E-state index is 15.5. The Bertz CT molecular complexity index is 2290. The van der Waals surface area contributed by atoms with Crippen LogP contribution in [0.15, 0.2) is 0 Å². The number of hydrogen-bond donors (Lipinski definition) is 1. The summed E-state index contributed by atoms with van der Waals surface area (Å²) >= 11 is 0. The van der Waals surface area contributed by atoms with E-state index in [9.17, 15) is 38.4 Å². The molecule has 0 aromatic heterocycles. The third-order valence-electron chi connectivity index (χ3n) is 22.1. The van der Waals surface area contributed by atoms with Crippen molar-refractivity contribution < 1.29 is 64.7 Å². The Balaban J connectivity index is 0.844. The molecule has 72 heavy (non-hydrogen) atoms. The highest BCUT2D eigenvalue weighted by Crippen LogP contribution is 2.67. The van der Waals surface area contributed by atoms with Crippen molar-refractivity contribution >= 4 is 47.3 Å². The van der Waals surface area contributed by atoms with Crippen molar-refractivity contribution in [2.24, 2.45) is 118 Å². The van der Waals surface area contributed by atoms with E-state index < -0.39 is 138 Å². The number of fused-ring (bicyclic) bond motifs is 4. The summed E-state index contributed by atoms with van der Waals surface area (Å²) in [4.78, 5) is 116. The number of amides is 8. The Hall–Kier alpha value is -3.86. The Morgan fingerprint density at radius 3 is 1.12 bits per heavy atom. The van der Waals surface area contributed by atoms with E-state index >= 15 is 26.3 Å². The van der Waals surface area contributed by atoms with Crippen molar-refractivity contribution in [3.8, 4) is 0 Å². The van der Waals surface area contributed by atoms with Crippen LogP contribution in [0.4, 0.5) is 26.3 Å². The number of rotatable bonds is 6. The lowest BCUT2D eigenvalue weighted by atomic mass is 9.54. The quantitative estimate of drug-likeness (QED) is 0.206. The summed E-state index contributed by atoms with van der Waals surface area (Å²) in [7, 11) is 0. The SMILES string of the molecule is CC1CC(C)C(N2C(=O)C3CCC(C4CCC5C(=O)N(C6C(C)CC(C)C(N7C(=O)C8CCC(C(C9CCC%10C(=O)NC(=O)C%10C9)(C(F)(F)F)C(F)(F)F)CC8C7=O)C6C)C(=O)C5C4)CC3C2=O)C(C)C1C. The van der Waals surface area contributed by atoms with Crippen LogP contribution in [0.2, 0.25) is 0 Å². The molecule has 6 aliphatic carbocycles. The average Bonchev–Trinajstić information content (AvgIpc) is 3.92. The van der Waals surface area contributed by atoms with Crippen LogP contribution < -0.4 is 5.32 Å². The van der Waals surface area contributed by atoms with E-state index in [0.717, 1.165) is 17.7 Å². The lowest BCUT2D eigenvalue weighted by Gasteiger charge is -2.52. The van der Waals surface area contributed by atoms with Gasteiger partial charge in [-0.05, 0) is 155 Å². The zero-order valence-corrected chi connectivity index (χ0v) is 42.5. The van der Waals surface area contributed by atoms with Gasteiger partial charge >= 0.3 is 12.4 Å². The number of nitrogens with zero attached hydrogens (tertiary/aromatic N) is 3. The zero-order chi connectivity index (χ0) is 52.2. The lowest BCUT2D eigenvalue weighted by molar-refractivity contribution is -0.383. The molecular weight excluding hydrogens is 947 g/mol. The Labute approximate surface area is 417 Å². The number of hydrogen-bond acceptors (Lipinski definition) is 8. The Morgan fingerprint density at radius 1 is 0.361 bits per heavy atom. The number of imide groups is 4. The second-order valence-corrected chi connectivity index (χ2v) is 25.3. The standard InChI is InChI=1S/C54H72F6N4O8/c1-22-16-23(2)41(27(6)26(22)5)62-46(67)34-12-8-29(18-38(34)49(62)70)30-9-13-35-39(19-30)50(71)63(47(35)68)42-24(3)17-25(4)43(28(42)7)64-48(69)36-15-11-32(21-40(36)51(64)72)52(53(55,56)57,54(58,59)60)31-10-14-33-37(20-31)45(66)61-44(33)65/h22-43H,8-21H2,1-7H3,(H,61,65,66). The fourth-order valence-electron chi connectivity index (χ4n) is 18.6. The van der Waals surface area contributed by atoms with Crippen molar-refractivity contribution in [2.45, 2.75) is 169 Å². The van der Waals surface area contributed by atoms with Crippen LogP contribution in [0, 0.1) is 118 Å². The van der Waals surface area contributed by atoms with Crippen molar-refractivity contribution in [1.29, 1.82) is 0 Å². The Kier molecular flexibility index (Phi) is 12.8. The minimum absolute atomic E-state index is 0.0482. The van der Waals surface area contributed by atoms with E-state index in [-0.39, 0.29) is 83.9 Å². The first-order valence-electron chi connectivity index (χ1n) is 27.3. The zero-order valence-electron chi connectivity index (χ0n) is 42.5. The predicted molar refractivity (Wildman–Crippen MR) is 245 cm³/mol. The maximum absolute atomic E-state index is 15.5. The van der Waals surface area contributed by atoms with E-state index in [1.54, 1.807) is 11.8 Å². The number of carbonyl (C=O) groups is 8. The van der Waals surface area contributed by atoms with Gasteiger partial charge in [0, 0.05) is 24.0 Å². The van der Waals surface area contributed by atoms with Gasteiger partial charge in [0.1, 0.15) is 0 Å². The molecule has 4 heterocycles. The van der Waals surface area contributed by atoms with Gasteiger partial charge in [0.05, 0.1) is 41.4 Å². The molecule has 0 aromatic carbocycles. The van der Waals surface area contributed by atoms with E-state index in [4.69, 9.17) is 0 Å². The first kappa shape index (κ1) is 51.6. The van der Waals surface area contributed by atoms with Gasteiger partial charge < -0.3 is 0 Å². The monoisotopic (exact) mass is 1020 g/mol. The first-order valence-corrected chi connectivity index (χ1v) is 27.3. The minimum atomic E-state index is -5.84. The molecule has 0 aromatic rings. The Morgan fingerprint density at radius 2 is 0.694 bits per heavy atom. The van der Waals surface area contributed by atoms with Crippen molar-refractivity contribution in [3.63, 3.8) is 0 Å². The van der Waals surface area contributed by atoms with Crippen molar-refractivity contribution in [2.75, 3.05) is 0 Å². The minimum Gasteiger partial charge on any atom is -0.296 e. The topological polar surface area (TPSA) is 158 Å². The van der Waals surface area contributed by atoms with Crippen molar-refractivity contribution in [1.82, 2.24) is 20.0 Å². The summed E-state index contributed by atoms with van der Waals surface area (Å²) in [5.41, 5.74) is -4.30. The molecule has 10 aliphatic rings. The third kappa shape index (κ3) is 7.45. The summed E-state index contributed by atoms with van der Waals surface area (Å²) in [6, 6.07) is -1.75. The number of alkyl halides is 6. The summed E-state index contributed by atoms with van der Waals surface area (Å²) in [6.07, 6.45) is -10.4. The van der Waals surface area contributed by atoms with Gasteiger partial charge in [0.25, 0.3) is 0 Å². The molecule has 22 atom stereocenters. The normalized spacial score (nSPS) is 46.2. The molecule has 4 saturated heterocycles. The summed E-state index contributed by atoms with van der Waals surface area (Å²) < 4.78 is 93.1. The molecule has 398 valence electrons. The fraction of sp³-hybridized carbons (Fsp3) is 0.852. The second kappa shape index (κ2) is 17.9. The second-order valence-electron chi connectivity index (χ2n) is 25.3. The lowest BCUT2D eigenvalue weighted by Crippen LogP contribution is -2.61. The van der Waals surface area contributed by atoms with Gasteiger partial charge in [-0.3, -0.25) is 58.4 Å². The first-order chi connectivity index (χ1) is 33.7. The molecule has 10 fully saturated rings. The molecule has 4 aliphatic heterocycles. The van der Waals surface area contributed by atoms with Crippen LogP contribution in [0.25, 0.3) is 0 Å². The number of nitrogens with one attached hydrogen (secondary N) is 1. The van der Waals surface area contributed by atoms with Gasteiger partial charge in [-0.15, -0.1) is 0 Å². The smallest absolute Gasteiger partial charge is 0.296 e. The molecule has 0 radical (unpaired) electrons. The van der Waals surface area contributed by atoms with Gasteiger partial charge in [-0.1, -0.05) is 48.5 Å². The maximum Gasteiger partial charge on any atom is 0.403 e. The summed E-state index contributed by atoms with van der Waals surface area (Å²) in [5.74, 6) is -14.8. The molecule has 12 nitrogen and oxygen atoms in total. The van der Waals surface area contributed by atoms with Gasteiger partial charge in [0.2, 0.25) is 47.3 Å². The van der Waals surface area contributed by atoms with Crippen LogP contribution in [0.5, 0.6) is 0 Å². The third-order valence-corrected chi connectivity index (χ3v) is 22.1. The van der Waals surface area contributed by atoms with Crippen LogP contribution in [-0.2, 0) is 38.4 Å². The molecule has 10 rings (SSSR count). The summed E-state index contributed by atoms with van der Waals surface area (Å²) in [5, 5.41) is 2.06. The highest BCUT2D eigenvalue weighted by Gasteiger charge is 2.78. The molecule has 0 spiro atoms. The molecular formula is C54H72F6N4O8. The molecule has 1 N–H and O–H groups in total. The van der Waals surface area contributed by atoms with Gasteiger partial charge in [0.15, 0.2) is 5.41 Å². The van der Waals surface area contributed by atoms with Gasteiger partial charge in [-0.25, -0.2) is 0 Å². The largest absolute Gasteiger partial charge is 0.403 e. The molecule has 18 heteroatoms. The van der Waals surface area contributed by atoms with Gasteiger partial charge in [-0.2, -0.15) is 26.3 Å². The summed E-state index contributed by atoms with van der Waals surface area (Å²) in [6.45, 7) is 14.3. The average molecular weight is 1020 g/mol. The van der Waals surface area contributed by atoms with E-state index in [2.05, 4.69) is 33.0 Å². The van der Waals surface area contributed by atoms with E-state index in [1.807, 2.05) is 13.8 Å². The van der Waals surface area contributed by atoms with E-state index in [0.29, 0.717) is 50.4 Å². The van der Waals surface area contributed by atoms with Crippen LogP contribution in [-0.4, -0.2) is 92.4 Å². The molecule has 22 unspecified atom stereocenters. The van der Waals surface area contributed by atoms with Crippen molar-refractivity contribution in [3.05, 3.63) is 0 Å². The fourth-order valence-corrected chi connectivity index (χ4v) is 18.6. The molecule has 6 saturated carbocycles. The number of likely N-dealkylation sites (tertiary alicyclic amines) is 3. The number of carbonyl (C=O) groups excluding carboxylic acids is 8. The van der Waals surface area contributed by atoms with E-state index in [1.165, 1.54) is 4.90 Å². The predicted octanol–water partition coefficient (Wildman–Crippen LogP) is 8.36. The highest BCUT2D eigenvalue weighted by molar-refractivity contribution is 6.08. The highest BCUT2D eigenvalue weighted by atomic mass is 19.4. The van der Waals surface area contributed by atoms with Crippen LogP contribution in [0.1, 0.15) is 138 Å². The van der Waals surface area contributed by atoms with Crippen LogP contribution in [0.3, 0.4) is 0 Å². The molecule has 8 amide bonds. The molecule has 0 bridgehead atoms. The number of halogens is 6.